The fourth-order valence-corrected chi connectivity index (χ4v) is 6.30. The highest BCUT2D eigenvalue weighted by Gasteiger charge is 2.29. The molecule has 35 heavy (non-hydrogen) atoms. The van der Waals surface area contributed by atoms with Gasteiger partial charge in [-0.2, -0.15) is 4.31 Å². The summed E-state index contributed by atoms with van der Waals surface area (Å²) in [7, 11) is -3.65. The maximum atomic E-state index is 14.0. The van der Waals surface area contributed by atoms with Gasteiger partial charge in [0.1, 0.15) is 22.3 Å². The molecule has 0 saturated carbocycles. The average molecular weight is 523 g/mol. The van der Waals surface area contributed by atoms with Crippen LogP contribution in [0, 0.1) is 17.6 Å². The van der Waals surface area contributed by atoms with Crippen LogP contribution in [0.5, 0.6) is 0 Å². The summed E-state index contributed by atoms with van der Waals surface area (Å²) in [5.74, 6) is -2.74. The summed E-state index contributed by atoms with van der Waals surface area (Å²) in [4.78, 5) is 16.7. The van der Waals surface area contributed by atoms with Gasteiger partial charge in [-0.1, -0.05) is 17.4 Å². The van der Waals surface area contributed by atoms with Gasteiger partial charge in [-0.3, -0.25) is 4.79 Å². The summed E-state index contributed by atoms with van der Waals surface area (Å²) in [5, 5.41) is 12.2. The first-order chi connectivity index (χ1) is 16.7. The van der Waals surface area contributed by atoms with Gasteiger partial charge in [0.25, 0.3) is 0 Å². The molecule has 0 spiro atoms. The molecule has 0 radical (unpaired) electrons. The predicted octanol–water partition coefficient (Wildman–Crippen LogP) is 3.76. The van der Waals surface area contributed by atoms with Gasteiger partial charge in [0.2, 0.25) is 15.8 Å². The lowest BCUT2D eigenvalue weighted by Gasteiger charge is -2.31. The first kappa shape index (κ1) is 25.2. The van der Waals surface area contributed by atoms with E-state index in [9.17, 15) is 22.0 Å². The lowest BCUT2D eigenvalue weighted by atomic mass is 9.95. The molecule has 1 aromatic heterocycles. The fourth-order valence-electron chi connectivity index (χ4n) is 3.98. The van der Waals surface area contributed by atoms with E-state index in [2.05, 4.69) is 10.3 Å². The maximum Gasteiger partial charge on any atom is 0.243 e. The summed E-state index contributed by atoms with van der Waals surface area (Å²) in [6.07, 6.45) is 2.10. The zero-order valence-corrected chi connectivity index (χ0v) is 20.2. The quantitative estimate of drug-likeness (QED) is 0.385. The minimum atomic E-state index is -3.65. The van der Waals surface area contributed by atoms with Gasteiger partial charge in [-0.25, -0.2) is 22.2 Å². The maximum absolute atomic E-state index is 14.0. The van der Waals surface area contributed by atoms with E-state index in [-0.39, 0.29) is 27.3 Å². The van der Waals surface area contributed by atoms with E-state index in [0.29, 0.717) is 44.0 Å². The van der Waals surface area contributed by atoms with Crippen molar-refractivity contribution in [3.8, 4) is 0 Å². The number of piperidine rings is 1. The van der Waals surface area contributed by atoms with Crippen molar-refractivity contribution in [2.24, 2.45) is 5.92 Å². The van der Waals surface area contributed by atoms with E-state index in [4.69, 9.17) is 10.8 Å². The summed E-state index contributed by atoms with van der Waals surface area (Å²) in [5.41, 5.74) is 5.61. The van der Waals surface area contributed by atoms with Crippen molar-refractivity contribution in [1.29, 1.82) is 0 Å². The molecule has 4 N–H and O–H groups in total. The van der Waals surface area contributed by atoms with Crippen LogP contribution in [0.15, 0.2) is 47.4 Å². The molecule has 1 aliphatic heterocycles. The standard InChI is InChI=1S/C23H24F2N4O4S2/c24-17-2-1-3-18(25)19(17)20(31)21-22(26)28-23(34-21)27-15-4-6-16(7-5-15)35(32,33)29-11-8-14(9-12-29)10-13-30/h1-7,14,30H,8-13,26H2,(H,27,28). The second-order valence-electron chi connectivity index (χ2n) is 8.17. The Hall–Kier alpha value is -2.93. The Balaban J connectivity index is 1.46. The second-order valence-corrected chi connectivity index (χ2v) is 11.1. The predicted molar refractivity (Wildman–Crippen MR) is 129 cm³/mol. The Labute approximate surface area is 205 Å². The van der Waals surface area contributed by atoms with Crippen LogP contribution in [0.25, 0.3) is 0 Å². The van der Waals surface area contributed by atoms with E-state index >= 15 is 0 Å². The molecule has 1 aliphatic rings. The Kier molecular flexibility index (Phi) is 7.45. The van der Waals surface area contributed by atoms with Gasteiger partial charge in [0.05, 0.1) is 10.5 Å². The number of halogens is 2. The van der Waals surface area contributed by atoms with Crippen LogP contribution >= 0.6 is 11.3 Å². The summed E-state index contributed by atoms with van der Waals surface area (Å²) in [6, 6.07) is 9.18. The normalized spacial score (nSPS) is 15.3. The molecule has 1 fully saturated rings. The molecule has 12 heteroatoms. The number of sulfonamides is 1. The number of nitrogens with zero attached hydrogens (tertiary/aromatic N) is 2. The number of carbonyl (C=O) groups excluding carboxylic acids is 1. The van der Waals surface area contributed by atoms with Crippen molar-refractivity contribution in [3.05, 3.63) is 64.5 Å². The van der Waals surface area contributed by atoms with Crippen molar-refractivity contribution < 1.29 is 27.1 Å². The van der Waals surface area contributed by atoms with Crippen LogP contribution in [-0.4, -0.2) is 48.3 Å². The van der Waals surface area contributed by atoms with Gasteiger partial charge in [-0.15, -0.1) is 0 Å². The third kappa shape index (κ3) is 5.35. The van der Waals surface area contributed by atoms with E-state index in [1.165, 1.54) is 16.4 Å². The number of nitrogen functional groups attached to an aromatic ring is 1. The fraction of sp³-hybridized carbons (Fsp3) is 0.304. The van der Waals surface area contributed by atoms with Gasteiger partial charge < -0.3 is 16.2 Å². The molecule has 0 bridgehead atoms. The molecule has 8 nitrogen and oxygen atoms in total. The number of nitrogens with two attached hydrogens (primary N) is 1. The van der Waals surface area contributed by atoms with Gasteiger partial charge in [-0.05, 0) is 61.6 Å². The highest BCUT2D eigenvalue weighted by Crippen LogP contribution is 2.32. The third-order valence-corrected chi connectivity index (χ3v) is 8.80. The number of benzene rings is 2. The summed E-state index contributed by atoms with van der Waals surface area (Å²) >= 11 is 0.837. The molecule has 1 saturated heterocycles. The van der Waals surface area contributed by atoms with E-state index in [1.807, 2.05) is 0 Å². The molecule has 0 unspecified atom stereocenters. The number of aromatic nitrogens is 1. The third-order valence-electron chi connectivity index (χ3n) is 5.90. The van der Waals surface area contributed by atoms with Crippen LogP contribution in [0.3, 0.4) is 0 Å². The minimum absolute atomic E-state index is 0.103. The molecule has 2 heterocycles. The van der Waals surface area contributed by atoms with Crippen LogP contribution in [0.2, 0.25) is 0 Å². The Morgan fingerprint density at radius 2 is 1.77 bits per heavy atom. The number of rotatable bonds is 8. The molecule has 0 amide bonds. The Morgan fingerprint density at radius 1 is 1.14 bits per heavy atom. The molecule has 186 valence electrons. The second kappa shape index (κ2) is 10.4. The van der Waals surface area contributed by atoms with Crippen molar-refractivity contribution in [2.45, 2.75) is 24.2 Å². The number of anilines is 3. The van der Waals surface area contributed by atoms with Crippen molar-refractivity contribution in [3.63, 3.8) is 0 Å². The SMILES string of the molecule is Nc1nc(Nc2ccc(S(=O)(=O)N3CCC(CCO)CC3)cc2)sc1C(=O)c1c(F)cccc1F. The molecular weight excluding hydrogens is 498 g/mol. The average Bonchev–Trinajstić information content (AvgIpc) is 3.19. The van der Waals surface area contributed by atoms with E-state index < -0.39 is 33.0 Å². The Morgan fingerprint density at radius 3 is 2.37 bits per heavy atom. The Bertz CT molecular complexity index is 1300. The smallest absolute Gasteiger partial charge is 0.243 e. The van der Waals surface area contributed by atoms with Crippen LogP contribution < -0.4 is 11.1 Å². The first-order valence-corrected chi connectivity index (χ1v) is 13.2. The number of thiazole rings is 1. The van der Waals surface area contributed by atoms with E-state index in [1.54, 1.807) is 12.1 Å². The highest BCUT2D eigenvalue weighted by atomic mass is 32.2. The van der Waals surface area contributed by atoms with Crippen LogP contribution in [0.1, 0.15) is 34.5 Å². The van der Waals surface area contributed by atoms with E-state index in [0.717, 1.165) is 29.5 Å². The summed E-state index contributed by atoms with van der Waals surface area (Å²) in [6.45, 7) is 0.919. The van der Waals surface area contributed by atoms with Gasteiger partial charge >= 0.3 is 0 Å². The molecule has 4 rings (SSSR count). The molecule has 0 atom stereocenters. The largest absolute Gasteiger partial charge is 0.396 e. The zero-order chi connectivity index (χ0) is 25.2. The first-order valence-electron chi connectivity index (χ1n) is 10.9. The summed E-state index contributed by atoms with van der Waals surface area (Å²) < 4.78 is 55.4. The van der Waals surface area contributed by atoms with Crippen molar-refractivity contribution >= 4 is 43.8 Å². The molecule has 3 aromatic rings. The number of hydrogen-bond acceptors (Lipinski definition) is 8. The number of carbonyl (C=O) groups is 1. The van der Waals surface area contributed by atoms with Crippen LogP contribution in [-0.2, 0) is 10.0 Å². The van der Waals surface area contributed by atoms with Gasteiger partial charge in [0.15, 0.2) is 5.13 Å². The minimum Gasteiger partial charge on any atom is -0.396 e. The number of ketones is 1. The lowest BCUT2D eigenvalue weighted by molar-refractivity contribution is 0.103. The number of aliphatic hydroxyl groups excluding tert-OH is 1. The molecule has 0 aliphatic carbocycles. The number of aliphatic hydroxyl groups is 1. The van der Waals surface area contributed by atoms with Crippen molar-refractivity contribution in [2.75, 3.05) is 30.7 Å². The van der Waals surface area contributed by atoms with Crippen LogP contribution in [0.4, 0.5) is 25.4 Å². The number of hydrogen-bond donors (Lipinski definition) is 3. The molecular formula is C23H24F2N4O4S2. The number of nitrogens with one attached hydrogen (secondary N) is 1. The zero-order valence-electron chi connectivity index (χ0n) is 18.6. The lowest BCUT2D eigenvalue weighted by Crippen LogP contribution is -2.38. The van der Waals surface area contributed by atoms with Crippen molar-refractivity contribution in [1.82, 2.24) is 9.29 Å². The monoisotopic (exact) mass is 522 g/mol. The topological polar surface area (TPSA) is 126 Å². The molecule has 2 aromatic carbocycles. The highest BCUT2D eigenvalue weighted by molar-refractivity contribution is 7.89. The van der Waals surface area contributed by atoms with Gasteiger partial charge in [0, 0.05) is 25.4 Å².